The number of halogens is 1. The van der Waals surface area contributed by atoms with Crippen LogP contribution in [0, 0.1) is 5.41 Å². The molecular weight excluding hydrogens is 404 g/mol. The Hall–Kier alpha value is -1.73. The fourth-order valence-corrected chi connectivity index (χ4v) is 5.09. The van der Waals surface area contributed by atoms with Gasteiger partial charge in [0.15, 0.2) is 5.82 Å². The van der Waals surface area contributed by atoms with Crippen LogP contribution in [-0.4, -0.2) is 28.0 Å². The molecule has 1 saturated heterocycles. The number of rotatable bonds is 3. The number of nitrogen functional groups attached to an aromatic ring is 2. The molecule has 29 heavy (non-hydrogen) atoms. The zero-order chi connectivity index (χ0) is 20.9. The van der Waals surface area contributed by atoms with Gasteiger partial charge in [0.25, 0.3) is 0 Å². The molecule has 1 aliphatic heterocycles. The summed E-state index contributed by atoms with van der Waals surface area (Å²) in [6, 6.07) is 1.80. The molecule has 1 saturated carbocycles. The fraction of sp³-hybridized carbons (Fsp3) is 0.571. The second kappa shape index (κ2) is 9.85. The van der Waals surface area contributed by atoms with Gasteiger partial charge in [0.1, 0.15) is 16.7 Å². The molecule has 0 atom stereocenters. The number of aromatic nitrogens is 3. The first-order valence-electron chi connectivity index (χ1n) is 10.4. The molecule has 158 valence electrons. The lowest BCUT2D eigenvalue weighted by atomic mass is 9.77. The van der Waals surface area contributed by atoms with E-state index >= 15 is 0 Å². The highest BCUT2D eigenvalue weighted by molar-refractivity contribution is 7.99. The van der Waals surface area contributed by atoms with Gasteiger partial charge in [0.05, 0.1) is 11.2 Å². The lowest BCUT2D eigenvalue weighted by Gasteiger charge is -2.39. The molecule has 3 heterocycles. The number of hydrogen-bond donors (Lipinski definition) is 2. The molecule has 1 spiro atoms. The van der Waals surface area contributed by atoms with Crippen LogP contribution in [0.2, 0.25) is 5.02 Å². The minimum atomic E-state index is 0.300. The van der Waals surface area contributed by atoms with Crippen LogP contribution in [0.3, 0.4) is 0 Å². The van der Waals surface area contributed by atoms with Crippen molar-refractivity contribution in [1.82, 2.24) is 15.0 Å². The van der Waals surface area contributed by atoms with E-state index < -0.39 is 0 Å². The smallest absolute Gasteiger partial charge is 0.158 e. The largest absolute Gasteiger partial charge is 0.382 e. The first kappa shape index (κ1) is 22.0. The second-order valence-corrected chi connectivity index (χ2v) is 9.34. The van der Waals surface area contributed by atoms with Crippen molar-refractivity contribution in [2.45, 2.75) is 68.7 Å². The minimum Gasteiger partial charge on any atom is -0.382 e. The summed E-state index contributed by atoms with van der Waals surface area (Å²) in [6.45, 7) is 6.32. The van der Waals surface area contributed by atoms with Crippen LogP contribution in [0.4, 0.5) is 17.5 Å². The zero-order valence-corrected chi connectivity index (χ0v) is 18.9. The first-order valence-corrected chi connectivity index (χ1v) is 11.6. The summed E-state index contributed by atoms with van der Waals surface area (Å²) in [6.07, 6.45) is 12.7. The highest BCUT2D eigenvalue weighted by Gasteiger charge is 2.37. The predicted molar refractivity (Wildman–Crippen MR) is 123 cm³/mol. The molecule has 0 amide bonds. The molecule has 4 N–H and O–H groups in total. The molecule has 1 aliphatic carbocycles. The lowest BCUT2D eigenvalue weighted by Crippen LogP contribution is -2.39. The maximum Gasteiger partial charge on any atom is 0.158 e. The Balaban J connectivity index is 0.000000755. The summed E-state index contributed by atoms with van der Waals surface area (Å²) >= 11 is 7.56. The number of hydrogen-bond acceptors (Lipinski definition) is 7. The lowest BCUT2D eigenvalue weighted by molar-refractivity contribution is 0.226. The third-order valence-electron chi connectivity index (χ3n) is 5.65. The van der Waals surface area contributed by atoms with Gasteiger partial charge in [-0.25, -0.2) is 15.0 Å². The van der Waals surface area contributed by atoms with Crippen LogP contribution in [0.15, 0.2) is 28.4 Å². The van der Waals surface area contributed by atoms with Gasteiger partial charge in [0.2, 0.25) is 0 Å². The molecule has 4 rings (SSSR count). The maximum absolute atomic E-state index is 6.20. The quantitative estimate of drug-likeness (QED) is 0.666. The highest BCUT2D eigenvalue weighted by Crippen LogP contribution is 2.46. The van der Waals surface area contributed by atoms with Crippen LogP contribution in [0.5, 0.6) is 0 Å². The predicted octanol–water partition coefficient (Wildman–Crippen LogP) is 5.42. The van der Waals surface area contributed by atoms with Gasteiger partial charge in [-0.3, -0.25) is 0 Å². The molecule has 2 aromatic heterocycles. The molecule has 2 fully saturated rings. The Morgan fingerprint density at radius 1 is 1.07 bits per heavy atom. The van der Waals surface area contributed by atoms with Crippen molar-refractivity contribution in [2.24, 2.45) is 5.41 Å². The van der Waals surface area contributed by atoms with Crippen molar-refractivity contribution in [3.8, 4) is 0 Å². The zero-order valence-electron chi connectivity index (χ0n) is 17.3. The standard InChI is InChI=1S/C18H23ClN6S.C3H8/c19-14-12(3-8-22-15(14)20)26-17-16(21)24-13(11-23-17)25-9-6-18(7-10-25)4-1-2-5-18;1-3-2/h3,8,11H,1-2,4-7,9-10H2,(H2,20,22)(H2,21,24);3H2,1-2H3. The minimum absolute atomic E-state index is 0.300. The SMILES string of the molecule is CCC.Nc1nc(N2CCC3(CCCC3)CC2)cnc1Sc1ccnc(N)c1Cl. The first-order chi connectivity index (χ1) is 14.0. The summed E-state index contributed by atoms with van der Waals surface area (Å²) < 4.78 is 0. The van der Waals surface area contributed by atoms with E-state index in [1.807, 2.05) is 6.20 Å². The third kappa shape index (κ3) is 5.25. The molecule has 0 aromatic carbocycles. The Bertz CT molecular complexity index is 815. The Labute approximate surface area is 182 Å². The monoisotopic (exact) mass is 434 g/mol. The third-order valence-corrected chi connectivity index (χ3v) is 7.23. The Morgan fingerprint density at radius 2 is 1.72 bits per heavy atom. The van der Waals surface area contributed by atoms with E-state index in [1.165, 1.54) is 56.7 Å². The number of piperidine rings is 1. The summed E-state index contributed by atoms with van der Waals surface area (Å²) in [4.78, 5) is 16.2. The molecule has 0 radical (unpaired) electrons. The molecular formula is C21H31ClN6S. The van der Waals surface area contributed by atoms with Crippen LogP contribution < -0.4 is 16.4 Å². The van der Waals surface area contributed by atoms with Crippen LogP contribution in [0.1, 0.15) is 58.8 Å². The molecule has 0 bridgehead atoms. The van der Waals surface area contributed by atoms with E-state index in [0.29, 0.717) is 27.1 Å². The molecule has 8 heteroatoms. The average Bonchev–Trinajstić information content (AvgIpc) is 3.16. The summed E-state index contributed by atoms with van der Waals surface area (Å²) in [5, 5.41) is 1.05. The highest BCUT2D eigenvalue weighted by atomic mass is 35.5. The van der Waals surface area contributed by atoms with Crippen molar-refractivity contribution in [1.29, 1.82) is 0 Å². The number of nitrogens with two attached hydrogens (primary N) is 2. The van der Waals surface area contributed by atoms with Crippen molar-refractivity contribution >= 4 is 40.8 Å². The topological polar surface area (TPSA) is 94.0 Å². The fourth-order valence-electron chi connectivity index (χ4n) is 4.07. The van der Waals surface area contributed by atoms with Crippen molar-refractivity contribution in [3.63, 3.8) is 0 Å². The number of nitrogens with zero attached hydrogens (tertiary/aromatic N) is 4. The van der Waals surface area contributed by atoms with Crippen molar-refractivity contribution in [3.05, 3.63) is 23.5 Å². The molecule has 6 nitrogen and oxygen atoms in total. The van der Waals surface area contributed by atoms with Gasteiger partial charge in [0, 0.05) is 24.2 Å². The van der Waals surface area contributed by atoms with Crippen molar-refractivity contribution < 1.29 is 0 Å². The van der Waals surface area contributed by atoms with Crippen LogP contribution in [0.25, 0.3) is 0 Å². The van der Waals surface area contributed by atoms with Gasteiger partial charge < -0.3 is 16.4 Å². The van der Waals surface area contributed by atoms with E-state index in [2.05, 4.69) is 33.7 Å². The molecule has 0 unspecified atom stereocenters. The Morgan fingerprint density at radius 3 is 2.34 bits per heavy atom. The molecule has 2 aromatic rings. The van der Waals surface area contributed by atoms with E-state index in [0.717, 1.165) is 23.8 Å². The van der Waals surface area contributed by atoms with Gasteiger partial charge in [-0.15, -0.1) is 0 Å². The van der Waals surface area contributed by atoms with Gasteiger partial charge in [-0.2, -0.15) is 0 Å². The second-order valence-electron chi connectivity index (χ2n) is 7.93. The Kier molecular flexibility index (Phi) is 7.46. The summed E-state index contributed by atoms with van der Waals surface area (Å²) in [5.74, 6) is 1.58. The van der Waals surface area contributed by atoms with E-state index in [9.17, 15) is 0 Å². The van der Waals surface area contributed by atoms with Gasteiger partial charge in [-0.05, 0) is 37.2 Å². The van der Waals surface area contributed by atoms with E-state index in [1.54, 1.807) is 12.3 Å². The summed E-state index contributed by atoms with van der Waals surface area (Å²) in [7, 11) is 0. The van der Waals surface area contributed by atoms with Gasteiger partial charge >= 0.3 is 0 Å². The normalized spacial score (nSPS) is 17.8. The van der Waals surface area contributed by atoms with E-state index in [-0.39, 0.29) is 0 Å². The van der Waals surface area contributed by atoms with Crippen LogP contribution in [-0.2, 0) is 0 Å². The van der Waals surface area contributed by atoms with Crippen LogP contribution >= 0.6 is 23.4 Å². The number of pyridine rings is 1. The average molecular weight is 435 g/mol. The summed E-state index contributed by atoms with van der Waals surface area (Å²) in [5.41, 5.74) is 12.5. The van der Waals surface area contributed by atoms with E-state index in [4.69, 9.17) is 23.1 Å². The van der Waals surface area contributed by atoms with Crippen molar-refractivity contribution in [2.75, 3.05) is 29.5 Å². The van der Waals surface area contributed by atoms with Gasteiger partial charge in [-0.1, -0.05) is 56.5 Å². The maximum atomic E-state index is 6.20. The molecule has 2 aliphatic rings. The number of anilines is 3.